The number of amides is 1. The van der Waals surface area contributed by atoms with E-state index in [-0.39, 0.29) is 25.2 Å². The molecule has 3 fully saturated rings. The molecule has 308 valence electrons. The van der Waals surface area contributed by atoms with Crippen LogP contribution in [-0.2, 0) is 38.1 Å². The summed E-state index contributed by atoms with van der Waals surface area (Å²) < 4.78 is 48.3. The second-order valence-corrected chi connectivity index (χ2v) is 16.6. The van der Waals surface area contributed by atoms with Gasteiger partial charge in [0.2, 0.25) is 0 Å². The zero-order chi connectivity index (χ0) is 41.3. The monoisotopic (exact) mass is 783 g/mol. The fourth-order valence-electron chi connectivity index (χ4n) is 8.76. The average Bonchev–Trinajstić information content (AvgIpc) is 3.47. The van der Waals surface area contributed by atoms with E-state index in [4.69, 9.17) is 23.7 Å². The number of alkyl carbamates (subject to hydrolysis) is 1. The van der Waals surface area contributed by atoms with E-state index in [0.29, 0.717) is 6.42 Å². The van der Waals surface area contributed by atoms with Crippen LogP contribution in [0.5, 0.6) is 0 Å². The molecule has 0 aliphatic carbocycles. The number of hydrogen-bond acceptors (Lipinski definition) is 12. The van der Waals surface area contributed by atoms with Crippen molar-refractivity contribution in [1.29, 1.82) is 0 Å². The van der Waals surface area contributed by atoms with Crippen LogP contribution in [0.1, 0.15) is 80.2 Å². The van der Waals surface area contributed by atoms with Crippen molar-refractivity contribution in [2.24, 2.45) is 17.8 Å². The highest BCUT2D eigenvalue weighted by molar-refractivity contribution is 6.00. The topological polar surface area (TPSA) is 163 Å². The Morgan fingerprint density at radius 1 is 1.07 bits per heavy atom. The van der Waals surface area contributed by atoms with Gasteiger partial charge in [-0.05, 0) is 79.3 Å². The number of aromatic nitrogens is 1. The molecule has 3 aliphatic rings. The third-order valence-corrected chi connectivity index (χ3v) is 11.9. The predicted molar refractivity (Wildman–Crippen MR) is 206 cm³/mol. The molecule has 14 heteroatoms. The maximum absolute atomic E-state index is 17.5. The van der Waals surface area contributed by atoms with Crippen LogP contribution in [0.2, 0.25) is 0 Å². The number of nitrogens with zero attached hydrogens (tertiary/aromatic N) is 2. The number of ketones is 2. The molecule has 0 saturated carbocycles. The van der Waals surface area contributed by atoms with Gasteiger partial charge in [0.1, 0.15) is 18.1 Å². The molecule has 13 nitrogen and oxygen atoms in total. The Morgan fingerprint density at radius 3 is 2.45 bits per heavy atom. The first-order valence-electron chi connectivity index (χ1n) is 19.5. The fraction of sp³-hybridized carbons (Fsp3) is 0.643. The van der Waals surface area contributed by atoms with Gasteiger partial charge in [0.05, 0.1) is 36.0 Å². The number of aliphatic hydroxyl groups excluding tert-OH is 1. The predicted octanol–water partition coefficient (Wildman–Crippen LogP) is 5.20. The largest absolute Gasteiger partial charge is 0.458 e. The Morgan fingerprint density at radius 2 is 1.77 bits per heavy atom. The number of halogens is 1. The van der Waals surface area contributed by atoms with Crippen molar-refractivity contribution in [3.63, 3.8) is 0 Å². The van der Waals surface area contributed by atoms with Gasteiger partial charge in [0.15, 0.2) is 29.1 Å². The highest BCUT2D eigenvalue weighted by atomic mass is 19.1. The number of ether oxygens (including phenoxy) is 5. The summed E-state index contributed by atoms with van der Waals surface area (Å²) in [6, 6.07) is 8.16. The number of aliphatic hydroxyl groups is 1. The molecule has 0 bridgehead atoms. The summed E-state index contributed by atoms with van der Waals surface area (Å²) in [5, 5.41) is 15.1. The minimum atomic E-state index is -2.63. The van der Waals surface area contributed by atoms with Gasteiger partial charge in [-0.3, -0.25) is 19.4 Å². The smallest absolute Gasteiger partial charge is 0.408 e. The molecule has 1 aromatic carbocycles. The molecule has 13 atom stereocenters. The molecule has 2 aromatic rings. The SMILES string of the molecule is CC[C@H]1OC(=O)[C@H](C)C(=O)[C@H](C)[C@@H](O[C@@H]2O[C@H](C)C[C@H](N(C)C)[C@H]2O)[C@](C)(OC/C=C/c2cnc3ccccc3c2)C[C@](C)(F)C(=O)[C@H](C)[C@@H]2NC(=O)O[C@]12C. The van der Waals surface area contributed by atoms with Gasteiger partial charge in [-0.2, -0.15) is 0 Å². The van der Waals surface area contributed by atoms with Gasteiger partial charge in [-0.15, -0.1) is 0 Å². The lowest BCUT2D eigenvalue weighted by Gasteiger charge is -2.48. The number of carbonyl (C=O) groups excluding carboxylic acids is 4. The highest BCUT2D eigenvalue weighted by Crippen LogP contribution is 2.42. The number of nitrogens with one attached hydrogen (secondary N) is 1. The van der Waals surface area contributed by atoms with Crippen LogP contribution in [0, 0.1) is 17.8 Å². The first-order chi connectivity index (χ1) is 26.2. The molecule has 0 spiro atoms. The van der Waals surface area contributed by atoms with Gasteiger partial charge in [-0.1, -0.05) is 51.1 Å². The van der Waals surface area contributed by atoms with Crippen molar-refractivity contribution < 1.29 is 52.4 Å². The second-order valence-electron chi connectivity index (χ2n) is 16.6. The molecule has 0 radical (unpaired) electrons. The lowest BCUT2D eigenvalue weighted by Crippen LogP contribution is -2.62. The fourth-order valence-corrected chi connectivity index (χ4v) is 8.76. The van der Waals surface area contributed by atoms with E-state index >= 15 is 4.39 Å². The lowest BCUT2D eigenvalue weighted by molar-refractivity contribution is -0.297. The molecular weight excluding hydrogens is 725 g/mol. The maximum atomic E-state index is 17.5. The van der Waals surface area contributed by atoms with Crippen LogP contribution >= 0.6 is 0 Å². The molecule has 3 aliphatic heterocycles. The molecule has 3 saturated heterocycles. The van der Waals surface area contributed by atoms with Crippen LogP contribution in [-0.4, -0.2) is 119 Å². The minimum absolute atomic E-state index is 0.116. The number of pyridine rings is 1. The van der Waals surface area contributed by atoms with E-state index in [1.54, 1.807) is 39.1 Å². The van der Waals surface area contributed by atoms with E-state index in [9.17, 15) is 24.3 Å². The van der Waals surface area contributed by atoms with Crippen LogP contribution < -0.4 is 5.32 Å². The number of cyclic esters (lactones) is 1. The Balaban J connectivity index is 1.59. The number of rotatable bonds is 8. The van der Waals surface area contributed by atoms with Crippen LogP contribution in [0.15, 0.2) is 42.6 Å². The Kier molecular flexibility index (Phi) is 13.1. The Hall–Kier alpha value is -3.82. The number of Topliss-reactive ketones (excluding diaryl/α,β-unsaturated/α-hetero) is 2. The number of fused-ring (bicyclic) bond motifs is 2. The number of benzene rings is 1. The Bertz CT molecular complexity index is 1800. The summed E-state index contributed by atoms with van der Waals surface area (Å²) in [6.07, 6.45) is -0.857. The number of alkyl halides is 1. The second kappa shape index (κ2) is 17.0. The van der Waals surface area contributed by atoms with E-state index in [1.807, 2.05) is 56.3 Å². The van der Waals surface area contributed by atoms with Crippen molar-refractivity contribution in [1.82, 2.24) is 15.2 Å². The molecule has 4 heterocycles. The first-order valence-corrected chi connectivity index (χ1v) is 19.5. The van der Waals surface area contributed by atoms with Crippen LogP contribution in [0.25, 0.3) is 17.0 Å². The molecule has 5 rings (SSSR count). The van der Waals surface area contributed by atoms with Gasteiger partial charge in [-0.25, -0.2) is 9.18 Å². The molecular formula is C42H58FN3O10. The van der Waals surface area contributed by atoms with Gasteiger partial charge in [0, 0.05) is 35.9 Å². The third kappa shape index (κ3) is 8.84. The van der Waals surface area contributed by atoms with E-state index < -0.39 is 95.3 Å². The summed E-state index contributed by atoms with van der Waals surface area (Å²) >= 11 is 0. The van der Waals surface area contributed by atoms with Gasteiger partial charge >= 0.3 is 12.1 Å². The molecule has 1 amide bonds. The minimum Gasteiger partial charge on any atom is -0.458 e. The molecule has 2 N–H and O–H groups in total. The van der Waals surface area contributed by atoms with Crippen LogP contribution in [0.4, 0.5) is 9.18 Å². The number of esters is 1. The van der Waals surface area contributed by atoms with E-state index in [1.165, 1.54) is 20.8 Å². The van der Waals surface area contributed by atoms with Gasteiger partial charge < -0.3 is 39.0 Å². The molecule has 1 aromatic heterocycles. The summed E-state index contributed by atoms with van der Waals surface area (Å²) in [7, 11) is 3.64. The summed E-state index contributed by atoms with van der Waals surface area (Å²) in [5.41, 5.74) is -4.34. The number of hydrogen-bond donors (Lipinski definition) is 2. The quantitative estimate of drug-likeness (QED) is 0.266. The standard InChI is InChI=1S/C42H58FN3O10/c1-11-31-42(8)34(45-39(51)56-42)26(5)35(49)40(6,43)22-41(7,52-18-14-15-27-20-28-16-12-13-17-29(28)44-21-27)36(24(3)32(47)25(4)37(50)54-31)55-38-33(48)30(46(9)10)19-23(2)53-38/h12-17,20-21,23-26,30-31,33-34,36,38,48H,11,18-19,22H2,1-10H3,(H,45,51)/b15-14+/t23-,24+,25-,26-,30+,31-,33-,34+,36-,38+,40+,41-,42-/m1/s1. The zero-order valence-electron chi connectivity index (χ0n) is 34.1. The van der Waals surface area contributed by atoms with Crippen molar-refractivity contribution >= 4 is 40.6 Å². The third-order valence-electron chi connectivity index (χ3n) is 11.9. The van der Waals surface area contributed by atoms with Gasteiger partial charge in [0.25, 0.3) is 0 Å². The van der Waals surface area contributed by atoms with E-state index in [2.05, 4.69) is 10.3 Å². The van der Waals surface area contributed by atoms with Crippen molar-refractivity contribution in [3.8, 4) is 0 Å². The molecule has 56 heavy (non-hydrogen) atoms. The van der Waals surface area contributed by atoms with Crippen LogP contribution in [0.3, 0.4) is 0 Å². The Labute approximate surface area is 328 Å². The summed E-state index contributed by atoms with van der Waals surface area (Å²) in [4.78, 5) is 61.6. The number of carbonyl (C=O) groups is 4. The van der Waals surface area contributed by atoms with Crippen molar-refractivity contribution in [3.05, 3.63) is 48.2 Å². The normalized spacial score (nSPS) is 38.9. The summed E-state index contributed by atoms with van der Waals surface area (Å²) in [6.45, 7) is 12.1. The lowest BCUT2D eigenvalue weighted by atomic mass is 9.72. The zero-order valence-corrected chi connectivity index (χ0v) is 34.1. The van der Waals surface area contributed by atoms with Crippen molar-refractivity contribution in [2.75, 3.05) is 20.7 Å². The number of likely N-dealkylation sites (N-methyl/N-ethyl adjacent to an activating group) is 1. The highest BCUT2D eigenvalue weighted by Gasteiger charge is 2.59. The summed E-state index contributed by atoms with van der Waals surface area (Å²) in [5.74, 6) is -6.03. The van der Waals surface area contributed by atoms with Crippen molar-refractivity contribution in [2.45, 2.75) is 134 Å². The number of para-hydroxylation sites is 1. The first kappa shape index (κ1) is 43.3. The molecule has 0 unspecified atom stereocenters. The maximum Gasteiger partial charge on any atom is 0.408 e. The average molecular weight is 784 g/mol. The van der Waals surface area contributed by atoms with E-state index in [0.717, 1.165) is 23.4 Å².